The predicted octanol–water partition coefficient (Wildman–Crippen LogP) is 4.01. The maximum absolute atomic E-state index is 9.82. The van der Waals surface area contributed by atoms with E-state index in [4.69, 9.17) is 20.0 Å². The highest BCUT2D eigenvalue weighted by molar-refractivity contribution is 7.97. The Balaban J connectivity index is 0.000000341. The Kier molecular flexibility index (Phi) is 16.3. The second-order valence-corrected chi connectivity index (χ2v) is 10.2. The lowest BCUT2D eigenvalue weighted by molar-refractivity contribution is -0.0980. The molecule has 3 rings (SSSR count). The topological polar surface area (TPSA) is 97.1 Å². The number of nitrogens with two attached hydrogens (primary N) is 1. The van der Waals surface area contributed by atoms with Crippen LogP contribution in [0.1, 0.15) is 32.8 Å². The van der Waals surface area contributed by atoms with Crippen molar-refractivity contribution in [2.45, 2.75) is 56.8 Å². The van der Waals surface area contributed by atoms with Crippen molar-refractivity contribution in [3.8, 4) is 0 Å². The lowest BCUT2D eigenvalue weighted by Crippen LogP contribution is -2.42. The second-order valence-electron chi connectivity index (χ2n) is 8.90. The Morgan fingerprint density at radius 3 is 2.37 bits per heavy atom. The van der Waals surface area contributed by atoms with Crippen LogP contribution in [0.15, 0.2) is 59.5 Å². The van der Waals surface area contributed by atoms with Crippen LogP contribution >= 0.6 is 11.9 Å². The molecular weight excluding hydrogens is 462 g/mol. The first-order chi connectivity index (χ1) is 16.8. The van der Waals surface area contributed by atoms with Gasteiger partial charge in [-0.25, -0.2) is 4.31 Å². The van der Waals surface area contributed by atoms with E-state index in [1.54, 1.807) is 18.9 Å². The van der Waals surface area contributed by atoms with E-state index in [1.165, 1.54) is 10.5 Å². The lowest BCUT2D eigenvalue weighted by Gasteiger charge is -2.22. The van der Waals surface area contributed by atoms with Crippen molar-refractivity contribution in [3.63, 3.8) is 0 Å². The SMILES string of the molecule is C=O.CC(C)CN(C)Sc1ccc(N)cc1.C[C@@H](O)C(Cc1ccccc1)NCO[C@H]1CCOC1. The number of hydrogen-bond donors (Lipinski definition) is 3. The van der Waals surface area contributed by atoms with Crippen LogP contribution in [-0.2, 0) is 20.7 Å². The molecule has 0 amide bonds. The minimum absolute atomic E-state index is 0.00437. The van der Waals surface area contributed by atoms with Crippen molar-refractivity contribution < 1.29 is 19.4 Å². The number of carbonyl (C=O) groups excluding carboxylic acids is 1. The highest BCUT2D eigenvalue weighted by atomic mass is 32.2. The molecule has 1 unspecified atom stereocenters. The summed E-state index contributed by atoms with van der Waals surface area (Å²) >= 11 is 1.76. The lowest BCUT2D eigenvalue weighted by atomic mass is 10.0. The molecule has 1 fully saturated rings. The van der Waals surface area contributed by atoms with Crippen molar-refractivity contribution >= 4 is 24.4 Å². The van der Waals surface area contributed by atoms with Crippen LogP contribution in [0.5, 0.6) is 0 Å². The number of nitrogen functional groups attached to an aromatic ring is 1. The van der Waals surface area contributed by atoms with Crippen LogP contribution in [-0.4, -0.2) is 68.0 Å². The molecule has 0 aromatic heterocycles. The zero-order valence-electron chi connectivity index (χ0n) is 21.6. The van der Waals surface area contributed by atoms with Gasteiger partial charge in [0, 0.05) is 29.8 Å². The number of carbonyl (C=O) groups is 1. The standard InChI is InChI=1S/C15H23NO3.C11H18N2S.CH2O/c1-12(17)15(9-13-5-3-2-4-6-13)16-11-19-14-7-8-18-10-14;1-9(2)8-13(3)14-11-6-4-10(12)5-7-11;1-2/h2-6,12,14-17H,7-11H2,1H3;4-7,9H,8,12H2,1-3H3;1H2/t12-,14+,15?;;/m1../s1. The molecule has 4 N–H and O–H groups in total. The van der Waals surface area contributed by atoms with Crippen LogP contribution in [0.4, 0.5) is 5.69 Å². The summed E-state index contributed by atoms with van der Waals surface area (Å²) in [5, 5.41) is 13.1. The number of aliphatic hydroxyl groups is 1. The average molecular weight is 506 g/mol. The molecule has 0 radical (unpaired) electrons. The van der Waals surface area contributed by atoms with Crippen molar-refractivity contribution in [3.05, 3.63) is 60.2 Å². The van der Waals surface area contributed by atoms with E-state index in [2.05, 4.69) is 54.8 Å². The second kappa shape index (κ2) is 18.3. The number of nitrogens with zero attached hydrogens (tertiary/aromatic N) is 1. The van der Waals surface area contributed by atoms with E-state index in [9.17, 15) is 5.11 Å². The van der Waals surface area contributed by atoms with Gasteiger partial charge in [-0.3, -0.25) is 5.32 Å². The zero-order valence-corrected chi connectivity index (χ0v) is 22.4. The first kappa shape index (κ1) is 31.1. The molecule has 0 spiro atoms. The summed E-state index contributed by atoms with van der Waals surface area (Å²) in [6, 6.07) is 18.2. The molecule has 1 heterocycles. The summed E-state index contributed by atoms with van der Waals surface area (Å²) in [6.07, 6.45) is 1.53. The molecule has 0 aliphatic carbocycles. The number of ether oxygens (including phenoxy) is 2. The third kappa shape index (κ3) is 14.3. The molecule has 8 heteroatoms. The van der Waals surface area contributed by atoms with Gasteiger partial charge in [0.05, 0.1) is 25.5 Å². The van der Waals surface area contributed by atoms with Crippen molar-refractivity contribution in [1.82, 2.24) is 9.62 Å². The first-order valence-electron chi connectivity index (χ1n) is 12.0. The molecule has 0 bridgehead atoms. The quantitative estimate of drug-likeness (QED) is 0.239. The van der Waals surface area contributed by atoms with Crippen LogP contribution < -0.4 is 11.1 Å². The number of rotatable bonds is 11. The highest BCUT2D eigenvalue weighted by Crippen LogP contribution is 2.22. The van der Waals surface area contributed by atoms with Crippen LogP contribution in [0.3, 0.4) is 0 Å². The average Bonchev–Trinajstić information content (AvgIpc) is 3.35. The molecule has 1 aliphatic heterocycles. The Labute approximate surface area is 215 Å². The summed E-state index contributed by atoms with van der Waals surface area (Å²) in [5.41, 5.74) is 7.65. The number of nitrogens with one attached hydrogen (secondary N) is 1. The molecule has 1 saturated heterocycles. The van der Waals surface area contributed by atoms with Crippen molar-refractivity contribution in [2.24, 2.45) is 5.92 Å². The van der Waals surface area contributed by atoms with Gasteiger partial charge in [0.15, 0.2) is 0 Å². The Hall–Kier alpha value is -1.94. The molecule has 0 saturated carbocycles. The molecule has 35 heavy (non-hydrogen) atoms. The summed E-state index contributed by atoms with van der Waals surface area (Å²) in [4.78, 5) is 9.24. The summed E-state index contributed by atoms with van der Waals surface area (Å²) in [5.74, 6) is 0.696. The molecule has 2 aromatic rings. The Bertz CT molecular complexity index is 772. The fourth-order valence-electron chi connectivity index (χ4n) is 3.46. The number of benzene rings is 2. The number of aliphatic hydroxyl groups excluding tert-OH is 1. The highest BCUT2D eigenvalue weighted by Gasteiger charge is 2.18. The minimum atomic E-state index is -0.413. The van der Waals surface area contributed by atoms with Gasteiger partial charge in [0.1, 0.15) is 6.79 Å². The first-order valence-corrected chi connectivity index (χ1v) is 12.8. The van der Waals surface area contributed by atoms with Gasteiger partial charge >= 0.3 is 0 Å². The van der Waals surface area contributed by atoms with Crippen LogP contribution in [0, 0.1) is 5.92 Å². The zero-order chi connectivity index (χ0) is 26.1. The largest absolute Gasteiger partial charge is 0.399 e. The van der Waals surface area contributed by atoms with E-state index in [1.807, 2.05) is 37.1 Å². The van der Waals surface area contributed by atoms with E-state index in [-0.39, 0.29) is 12.1 Å². The van der Waals surface area contributed by atoms with E-state index in [0.717, 1.165) is 31.7 Å². The van der Waals surface area contributed by atoms with E-state index in [0.29, 0.717) is 19.3 Å². The number of hydrogen-bond acceptors (Lipinski definition) is 8. The monoisotopic (exact) mass is 505 g/mol. The van der Waals surface area contributed by atoms with E-state index < -0.39 is 6.10 Å². The smallest absolute Gasteiger partial charge is 0.106 e. The van der Waals surface area contributed by atoms with Gasteiger partial charge in [-0.2, -0.15) is 0 Å². The third-order valence-electron chi connectivity index (χ3n) is 5.20. The predicted molar refractivity (Wildman–Crippen MR) is 145 cm³/mol. The normalized spacial score (nSPS) is 16.7. The van der Waals surface area contributed by atoms with Gasteiger partial charge in [-0.05, 0) is 74.5 Å². The van der Waals surface area contributed by atoms with E-state index >= 15 is 0 Å². The fourth-order valence-corrected chi connectivity index (χ4v) is 4.45. The minimum Gasteiger partial charge on any atom is -0.399 e. The third-order valence-corrected chi connectivity index (χ3v) is 6.14. The molecular formula is C27H43N3O4S. The van der Waals surface area contributed by atoms with Gasteiger partial charge in [-0.1, -0.05) is 44.2 Å². The maximum Gasteiger partial charge on any atom is 0.106 e. The van der Waals surface area contributed by atoms with Crippen molar-refractivity contribution in [2.75, 3.05) is 39.3 Å². The maximum atomic E-state index is 9.82. The fraction of sp³-hybridized carbons (Fsp3) is 0.519. The molecule has 3 atom stereocenters. The van der Waals surface area contributed by atoms with Gasteiger partial charge in [0.2, 0.25) is 0 Å². The molecule has 7 nitrogen and oxygen atoms in total. The van der Waals surface area contributed by atoms with Gasteiger partial charge in [-0.15, -0.1) is 0 Å². The molecule has 196 valence electrons. The van der Waals surface area contributed by atoms with Crippen molar-refractivity contribution in [1.29, 1.82) is 0 Å². The summed E-state index contributed by atoms with van der Waals surface area (Å²) < 4.78 is 13.2. The summed E-state index contributed by atoms with van der Waals surface area (Å²) in [6.45, 7) is 11.3. The Morgan fingerprint density at radius 2 is 1.83 bits per heavy atom. The number of anilines is 1. The van der Waals surface area contributed by atoms with Crippen LogP contribution in [0.25, 0.3) is 0 Å². The Morgan fingerprint density at radius 1 is 1.17 bits per heavy atom. The summed E-state index contributed by atoms with van der Waals surface area (Å²) in [7, 11) is 2.11. The van der Waals surface area contributed by atoms with Gasteiger partial charge in [0.25, 0.3) is 0 Å². The molecule has 2 aromatic carbocycles. The van der Waals surface area contributed by atoms with Gasteiger partial charge < -0.3 is 25.1 Å². The molecule has 1 aliphatic rings. The van der Waals surface area contributed by atoms with Crippen LogP contribution in [0.2, 0.25) is 0 Å².